The molecule has 3 aromatic carbocycles. The maximum absolute atomic E-state index is 13.3. The number of nitrogens with zero attached hydrogens (tertiary/aromatic N) is 1. The Morgan fingerprint density at radius 1 is 0.852 bits per heavy atom. The zero-order chi connectivity index (χ0) is 19.0. The summed E-state index contributed by atoms with van der Waals surface area (Å²) in [6, 6.07) is 12.7. The lowest BCUT2D eigenvalue weighted by Crippen LogP contribution is -1.92. The van der Waals surface area contributed by atoms with Crippen LogP contribution in [0.4, 0.5) is 13.9 Å². The molecule has 8 heteroatoms. The number of rotatable bonds is 4. The van der Waals surface area contributed by atoms with Gasteiger partial charge in [0.05, 0.1) is 15.2 Å². The topological polar surface area (TPSA) is 57.4 Å². The number of hydrogen-bond acceptors (Lipinski definition) is 5. The van der Waals surface area contributed by atoms with Crippen molar-refractivity contribution in [2.75, 3.05) is 5.73 Å². The molecule has 0 atom stereocenters. The molecule has 0 saturated carbocycles. The lowest BCUT2D eigenvalue weighted by atomic mass is 10.2. The summed E-state index contributed by atoms with van der Waals surface area (Å²) in [6.45, 7) is 0. The van der Waals surface area contributed by atoms with Crippen LogP contribution in [0.25, 0.3) is 10.2 Å². The third-order valence-electron chi connectivity index (χ3n) is 3.63. The number of fused-ring (bicyclic) bond motifs is 1. The van der Waals surface area contributed by atoms with Crippen LogP contribution >= 0.6 is 22.9 Å². The number of hydrogen-bond donors (Lipinski definition) is 1. The highest BCUT2D eigenvalue weighted by atomic mass is 35.5. The first-order chi connectivity index (χ1) is 13.0. The van der Waals surface area contributed by atoms with Crippen molar-refractivity contribution < 1.29 is 18.3 Å². The molecule has 4 nitrogen and oxygen atoms in total. The van der Waals surface area contributed by atoms with Gasteiger partial charge in [0.2, 0.25) is 0 Å². The van der Waals surface area contributed by atoms with Gasteiger partial charge in [-0.25, -0.2) is 13.8 Å². The van der Waals surface area contributed by atoms with E-state index in [1.54, 1.807) is 12.1 Å². The van der Waals surface area contributed by atoms with Crippen LogP contribution in [0.5, 0.6) is 23.0 Å². The van der Waals surface area contributed by atoms with Gasteiger partial charge in [-0.2, -0.15) is 0 Å². The first-order valence-corrected chi connectivity index (χ1v) is 8.94. The van der Waals surface area contributed by atoms with Crippen LogP contribution in [0.3, 0.4) is 0 Å². The third kappa shape index (κ3) is 3.79. The monoisotopic (exact) mass is 404 g/mol. The molecule has 2 N–H and O–H groups in total. The lowest BCUT2D eigenvalue weighted by Gasteiger charge is -2.13. The van der Waals surface area contributed by atoms with Gasteiger partial charge in [0.25, 0.3) is 0 Å². The van der Waals surface area contributed by atoms with E-state index in [0.717, 1.165) is 10.8 Å². The average Bonchev–Trinajstić information content (AvgIpc) is 2.98. The average molecular weight is 405 g/mol. The predicted octanol–water partition coefficient (Wildman–Crippen LogP) is 6.39. The molecule has 4 aromatic rings. The zero-order valence-electron chi connectivity index (χ0n) is 13.6. The van der Waals surface area contributed by atoms with Gasteiger partial charge < -0.3 is 15.2 Å². The fourth-order valence-corrected chi connectivity index (χ4v) is 3.37. The second-order valence-electron chi connectivity index (χ2n) is 5.55. The zero-order valence-corrected chi connectivity index (χ0v) is 15.2. The molecule has 0 amide bonds. The molecule has 0 bridgehead atoms. The van der Waals surface area contributed by atoms with Crippen molar-refractivity contribution in [2.45, 2.75) is 0 Å². The number of thiazole rings is 1. The fourth-order valence-electron chi connectivity index (χ4n) is 2.42. The van der Waals surface area contributed by atoms with Crippen molar-refractivity contribution in [1.29, 1.82) is 0 Å². The van der Waals surface area contributed by atoms with Crippen molar-refractivity contribution in [1.82, 2.24) is 4.98 Å². The van der Waals surface area contributed by atoms with Crippen LogP contribution < -0.4 is 15.2 Å². The summed E-state index contributed by atoms with van der Waals surface area (Å²) in [5, 5.41) is 0.515. The number of nitrogens with two attached hydrogens (primary N) is 1. The Morgan fingerprint density at radius 3 is 2.30 bits per heavy atom. The Labute approximate surface area is 161 Å². The van der Waals surface area contributed by atoms with Crippen molar-refractivity contribution in [3.05, 3.63) is 71.3 Å². The van der Waals surface area contributed by atoms with E-state index in [1.807, 2.05) is 0 Å². The molecule has 0 radical (unpaired) electrons. The van der Waals surface area contributed by atoms with E-state index in [1.165, 1.54) is 47.7 Å². The number of halogens is 3. The van der Waals surface area contributed by atoms with Gasteiger partial charge in [-0.05, 0) is 42.5 Å². The second kappa shape index (κ2) is 7.02. The Balaban J connectivity index is 1.77. The molecule has 1 heterocycles. The number of benzene rings is 3. The van der Waals surface area contributed by atoms with E-state index >= 15 is 0 Å². The quantitative estimate of drug-likeness (QED) is 0.428. The molecular weight excluding hydrogens is 394 g/mol. The smallest absolute Gasteiger partial charge is 0.181 e. The summed E-state index contributed by atoms with van der Waals surface area (Å²) in [4.78, 5) is 4.23. The van der Waals surface area contributed by atoms with E-state index < -0.39 is 5.82 Å². The highest BCUT2D eigenvalue weighted by Gasteiger charge is 2.15. The molecule has 0 spiro atoms. The molecule has 27 heavy (non-hydrogen) atoms. The van der Waals surface area contributed by atoms with E-state index in [9.17, 15) is 8.78 Å². The van der Waals surface area contributed by atoms with Crippen molar-refractivity contribution in [3.8, 4) is 23.0 Å². The highest BCUT2D eigenvalue weighted by molar-refractivity contribution is 7.22. The van der Waals surface area contributed by atoms with Gasteiger partial charge in [-0.3, -0.25) is 0 Å². The van der Waals surface area contributed by atoms with E-state index in [2.05, 4.69) is 4.98 Å². The first-order valence-electron chi connectivity index (χ1n) is 7.74. The fraction of sp³-hybridized carbons (Fsp3) is 0. The third-order valence-corrected chi connectivity index (χ3v) is 4.77. The SMILES string of the molecule is Nc1nc2cc(Oc3ccc(F)cc3)c(Oc3ccc(F)cc3Cl)cc2s1. The number of nitrogen functional groups attached to an aromatic ring is 1. The molecular formula is C19H11ClF2N2O2S. The first kappa shape index (κ1) is 17.5. The summed E-state index contributed by atoms with van der Waals surface area (Å²) < 4.78 is 38.9. The summed E-state index contributed by atoms with van der Waals surface area (Å²) in [5.41, 5.74) is 6.41. The molecule has 136 valence electrons. The van der Waals surface area contributed by atoms with Gasteiger partial charge >= 0.3 is 0 Å². The van der Waals surface area contributed by atoms with Crippen LogP contribution in [-0.2, 0) is 0 Å². The summed E-state index contributed by atoms with van der Waals surface area (Å²) >= 11 is 7.34. The molecule has 0 fully saturated rings. The summed E-state index contributed by atoms with van der Waals surface area (Å²) in [6.07, 6.45) is 0. The Hall–Kier alpha value is -2.90. The van der Waals surface area contributed by atoms with E-state index in [0.29, 0.717) is 27.9 Å². The maximum Gasteiger partial charge on any atom is 0.181 e. The summed E-state index contributed by atoms with van der Waals surface area (Å²) in [5.74, 6) is 0.497. The predicted molar refractivity (Wildman–Crippen MR) is 102 cm³/mol. The molecule has 0 saturated heterocycles. The van der Waals surface area contributed by atoms with Gasteiger partial charge in [-0.1, -0.05) is 22.9 Å². The van der Waals surface area contributed by atoms with Crippen LogP contribution in [-0.4, -0.2) is 4.98 Å². The number of anilines is 1. The van der Waals surface area contributed by atoms with Crippen molar-refractivity contribution in [2.24, 2.45) is 0 Å². The Morgan fingerprint density at radius 2 is 1.56 bits per heavy atom. The molecule has 0 aliphatic rings. The maximum atomic E-state index is 13.3. The second-order valence-corrected chi connectivity index (χ2v) is 7.02. The largest absolute Gasteiger partial charge is 0.453 e. The van der Waals surface area contributed by atoms with E-state index in [4.69, 9.17) is 26.8 Å². The van der Waals surface area contributed by atoms with Gasteiger partial charge in [0.1, 0.15) is 23.1 Å². The lowest BCUT2D eigenvalue weighted by molar-refractivity contribution is 0.419. The molecule has 4 rings (SSSR count). The van der Waals surface area contributed by atoms with Crippen molar-refractivity contribution >= 4 is 38.3 Å². The molecule has 0 aliphatic heterocycles. The molecule has 1 aromatic heterocycles. The van der Waals surface area contributed by atoms with Gasteiger partial charge in [0, 0.05) is 12.1 Å². The Bertz CT molecular complexity index is 1130. The minimum absolute atomic E-state index is 0.117. The Kier molecular flexibility index (Phi) is 4.55. The van der Waals surface area contributed by atoms with E-state index in [-0.39, 0.29) is 16.6 Å². The number of aromatic nitrogens is 1. The van der Waals surface area contributed by atoms with Crippen LogP contribution in [0.2, 0.25) is 5.02 Å². The minimum Gasteiger partial charge on any atom is -0.453 e. The number of ether oxygens (including phenoxy) is 2. The standard InChI is InChI=1S/C19H11ClF2N2O2S/c20-13-7-11(22)3-6-15(13)26-17-9-18-14(24-19(23)27-18)8-16(17)25-12-4-1-10(21)2-5-12/h1-9H,(H2,23,24). The molecule has 0 unspecified atom stereocenters. The highest BCUT2D eigenvalue weighted by Crippen LogP contribution is 2.41. The van der Waals surface area contributed by atoms with Crippen LogP contribution in [0, 0.1) is 11.6 Å². The van der Waals surface area contributed by atoms with Gasteiger partial charge in [-0.15, -0.1) is 0 Å². The van der Waals surface area contributed by atoms with Crippen molar-refractivity contribution in [3.63, 3.8) is 0 Å². The molecule has 0 aliphatic carbocycles. The summed E-state index contributed by atoms with van der Waals surface area (Å²) in [7, 11) is 0. The minimum atomic E-state index is -0.471. The normalized spacial score (nSPS) is 10.9. The van der Waals surface area contributed by atoms with Gasteiger partial charge in [0.15, 0.2) is 16.6 Å². The van der Waals surface area contributed by atoms with Crippen LogP contribution in [0.1, 0.15) is 0 Å². The van der Waals surface area contributed by atoms with Crippen LogP contribution in [0.15, 0.2) is 54.6 Å².